The summed E-state index contributed by atoms with van der Waals surface area (Å²) < 4.78 is 10.9. The fraction of sp³-hybridized carbons (Fsp3) is 0.588. The molecule has 1 N–H and O–H groups in total. The van der Waals surface area contributed by atoms with Crippen LogP contribution < -0.4 is 10.1 Å². The maximum absolute atomic E-state index is 9.35. The van der Waals surface area contributed by atoms with Crippen LogP contribution in [0.25, 0.3) is 0 Å². The molecule has 0 amide bonds. The van der Waals surface area contributed by atoms with Gasteiger partial charge in [-0.15, -0.1) is 0 Å². The lowest BCUT2D eigenvalue weighted by molar-refractivity contribution is 0.184. The van der Waals surface area contributed by atoms with Crippen LogP contribution in [0.2, 0.25) is 0 Å². The molecule has 0 saturated heterocycles. The molecule has 1 rings (SSSR count). The Morgan fingerprint density at radius 2 is 2.14 bits per heavy atom. The first-order valence-corrected chi connectivity index (χ1v) is 7.56. The van der Waals surface area contributed by atoms with Crippen molar-refractivity contribution >= 4 is 0 Å². The molecule has 21 heavy (non-hydrogen) atoms. The van der Waals surface area contributed by atoms with Gasteiger partial charge in [-0.3, -0.25) is 5.32 Å². The zero-order valence-corrected chi connectivity index (χ0v) is 13.3. The molecule has 4 nitrogen and oxygen atoms in total. The second-order valence-electron chi connectivity index (χ2n) is 5.11. The van der Waals surface area contributed by atoms with Crippen LogP contribution in [0.4, 0.5) is 0 Å². The smallest absolute Gasteiger partial charge is 0.119 e. The highest BCUT2D eigenvalue weighted by atomic mass is 16.5. The van der Waals surface area contributed by atoms with Gasteiger partial charge in [-0.05, 0) is 43.5 Å². The summed E-state index contributed by atoms with van der Waals surface area (Å²) in [6.07, 6.45) is 2.45. The van der Waals surface area contributed by atoms with Crippen LogP contribution in [0.3, 0.4) is 0 Å². The van der Waals surface area contributed by atoms with E-state index in [2.05, 4.69) is 11.4 Å². The third kappa shape index (κ3) is 5.74. The molecule has 0 aliphatic rings. The summed E-state index contributed by atoms with van der Waals surface area (Å²) >= 11 is 0. The average molecular weight is 290 g/mol. The van der Waals surface area contributed by atoms with Crippen molar-refractivity contribution in [3.8, 4) is 11.8 Å². The van der Waals surface area contributed by atoms with E-state index < -0.39 is 5.54 Å². The monoisotopic (exact) mass is 290 g/mol. The second-order valence-corrected chi connectivity index (χ2v) is 5.11. The lowest BCUT2D eigenvalue weighted by Gasteiger charge is -2.26. The maximum atomic E-state index is 9.35. The van der Waals surface area contributed by atoms with E-state index in [9.17, 15) is 5.26 Å². The van der Waals surface area contributed by atoms with E-state index in [0.717, 1.165) is 37.1 Å². The highest BCUT2D eigenvalue weighted by molar-refractivity contribution is 5.28. The van der Waals surface area contributed by atoms with Crippen molar-refractivity contribution in [1.29, 1.82) is 5.26 Å². The number of nitrogens with zero attached hydrogens (tertiary/aromatic N) is 1. The van der Waals surface area contributed by atoms with Gasteiger partial charge in [0.2, 0.25) is 0 Å². The third-order valence-corrected chi connectivity index (χ3v) is 3.56. The molecule has 0 aromatic heterocycles. The van der Waals surface area contributed by atoms with Crippen LogP contribution >= 0.6 is 0 Å². The third-order valence-electron chi connectivity index (χ3n) is 3.56. The number of benzene rings is 1. The van der Waals surface area contributed by atoms with Gasteiger partial charge in [0, 0.05) is 7.11 Å². The van der Waals surface area contributed by atoms with Gasteiger partial charge in [0.15, 0.2) is 0 Å². The van der Waals surface area contributed by atoms with Crippen LogP contribution in [0, 0.1) is 11.3 Å². The summed E-state index contributed by atoms with van der Waals surface area (Å²) in [6.45, 7) is 6.08. The molecule has 0 heterocycles. The topological polar surface area (TPSA) is 54.3 Å². The van der Waals surface area contributed by atoms with Gasteiger partial charge in [-0.2, -0.15) is 5.26 Å². The quantitative estimate of drug-likeness (QED) is 0.672. The molecular weight excluding hydrogens is 264 g/mol. The van der Waals surface area contributed by atoms with E-state index >= 15 is 0 Å². The molecule has 0 aliphatic carbocycles. The molecule has 1 aromatic carbocycles. The van der Waals surface area contributed by atoms with Gasteiger partial charge < -0.3 is 9.47 Å². The summed E-state index contributed by atoms with van der Waals surface area (Å²) in [5.41, 5.74) is 0.679. The van der Waals surface area contributed by atoms with Gasteiger partial charge in [-0.25, -0.2) is 0 Å². The normalized spacial score (nSPS) is 13.4. The molecule has 1 atom stereocenters. The van der Waals surface area contributed by atoms with Crippen molar-refractivity contribution in [2.45, 2.75) is 45.3 Å². The van der Waals surface area contributed by atoms with Gasteiger partial charge in [0.1, 0.15) is 11.3 Å². The van der Waals surface area contributed by atoms with E-state index in [1.54, 1.807) is 7.11 Å². The molecule has 116 valence electrons. The van der Waals surface area contributed by atoms with Crippen molar-refractivity contribution < 1.29 is 9.47 Å². The van der Waals surface area contributed by atoms with E-state index in [1.165, 1.54) is 0 Å². The Hall–Kier alpha value is -1.57. The molecule has 0 aliphatic heterocycles. The minimum atomic E-state index is -0.421. The first kappa shape index (κ1) is 17.5. The summed E-state index contributed by atoms with van der Waals surface area (Å²) in [6, 6.07) is 10.3. The zero-order chi connectivity index (χ0) is 15.6. The molecule has 0 saturated carbocycles. The SMILES string of the molecule is CCNC(C#N)(CC)CCCOc1cccc(COC)c1. The predicted octanol–water partition coefficient (Wildman–Crippen LogP) is 3.27. The fourth-order valence-corrected chi connectivity index (χ4v) is 2.36. The highest BCUT2D eigenvalue weighted by Gasteiger charge is 2.25. The molecule has 0 radical (unpaired) electrons. The number of nitrogens with one attached hydrogen (secondary N) is 1. The molecule has 0 fully saturated rings. The van der Waals surface area contributed by atoms with Crippen molar-refractivity contribution in [2.75, 3.05) is 20.3 Å². The first-order valence-electron chi connectivity index (χ1n) is 7.56. The van der Waals surface area contributed by atoms with Crippen molar-refractivity contribution in [3.63, 3.8) is 0 Å². The molecule has 0 bridgehead atoms. The Bertz CT molecular complexity index is 456. The van der Waals surface area contributed by atoms with Crippen LogP contribution in [-0.4, -0.2) is 25.8 Å². The average Bonchev–Trinajstić information content (AvgIpc) is 2.51. The molecule has 0 spiro atoms. The molecular formula is C17H26N2O2. The van der Waals surface area contributed by atoms with Crippen LogP contribution in [0.15, 0.2) is 24.3 Å². The molecule has 4 heteroatoms. The Morgan fingerprint density at radius 1 is 1.33 bits per heavy atom. The van der Waals surface area contributed by atoms with E-state index in [0.29, 0.717) is 13.2 Å². The number of hydrogen-bond donors (Lipinski definition) is 1. The van der Waals surface area contributed by atoms with Crippen molar-refractivity contribution in [3.05, 3.63) is 29.8 Å². The van der Waals surface area contributed by atoms with Crippen molar-refractivity contribution in [2.24, 2.45) is 0 Å². The molecule has 1 aromatic rings. The minimum Gasteiger partial charge on any atom is -0.494 e. The van der Waals surface area contributed by atoms with Crippen LogP contribution in [0.1, 0.15) is 38.7 Å². The summed E-state index contributed by atoms with van der Waals surface area (Å²) in [7, 11) is 1.68. The number of methoxy groups -OCH3 is 1. The second kappa shape index (κ2) is 9.38. The van der Waals surface area contributed by atoms with Crippen molar-refractivity contribution in [1.82, 2.24) is 5.32 Å². The van der Waals surface area contributed by atoms with Gasteiger partial charge in [0.25, 0.3) is 0 Å². The maximum Gasteiger partial charge on any atom is 0.119 e. The number of rotatable bonds is 10. The lowest BCUT2D eigenvalue weighted by Crippen LogP contribution is -2.43. The Balaban J connectivity index is 2.43. The largest absolute Gasteiger partial charge is 0.494 e. The van der Waals surface area contributed by atoms with E-state index in [1.807, 2.05) is 38.1 Å². The Morgan fingerprint density at radius 3 is 2.76 bits per heavy atom. The predicted molar refractivity (Wildman–Crippen MR) is 84.2 cm³/mol. The number of ether oxygens (including phenoxy) is 2. The van der Waals surface area contributed by atoms with Gasteiger partial charge in [-0.1, -0.05) is 26.0 Å². The van der Waals surface area contributed by atoms with Crippen LogP contribution in [-0.2, 0) is 11.3 Å². The van der Waals surface area contributed by atoms with E-state index in [-0.39, 0.29) is 0 Å². The number of nitriles is 1. The fourth-order valence-electron chi connectivity index (χ4n) is 2.36. The summed E-state index contributed by atoms with van der Waals surface area (Å²) in [5, 5.41) is 12.6. The van der Waals surface area contributed by atoms with Crippen LogP contribution in [0.5, 0.6) is 5.75 Å². The summed E-state index contributed by atoms with van der Waals surface area (Å²) in [5.74, 6) is 0.854. The zero-order valence-electron chi connectivity index (χ0n) is 13.3. The summed E-state index contributed by atoms with van der Waals surface area (Å²) in [4.78, 5) is 0. The standard InChI is InChI=1S/C17H26N2O2/c1-4-17(14-18,19-5-2)10-7-11-21-16-9-6-8-15(12-16)13-20-3/h6,8-9,12,19H,4-5,7,10-11,13H2,1-3H3. The van der Waals surface area contributed by atoms with E-state index in [4.69, 9.17) is 9.47 Å². The Kier molecular flexibility index (Phi) is 7.81. The Labute approximate surface area is 128 Å². The van der Waals surface area contributed by atoms with Gasteiger partial charge in [0.05, 0.1) is 19.3 Å². The van der Waals surface area contributed by atoms with Gasteiger partial charge >= 0.3 is 0 Å². The number of hydrogen-bond acceptors (Lipinski definition) is 4. The molecule has 1 unspecified atom stereocenters. The highest BCUT2D eigenvalue weighted by Crippen LogP contribution is 2.18. The first-order chi connectivity index (χ1) is 10.2. The lowest BCUT2D eigenvalue weighted by atomic mass is 9.92. The minimum absolute atomic E-state index is 0.421.